The van der Waals surface area contributed by atoms with E-state index in [4.69, 9.17) is 14.2 Å². The van der Waals surface area contributed by atoms with Crippen molar-refractivity contribution in [1.82, 2.24) is 0 Å². The van der Waals surface area contributed by atoms with Gasteiger partial charge in [-0.05, 0) is 59.7 Å². The van der Waals surface area contributed by atoms with Crippen molar-refractivity contribution in [3.05, 3.63) is 72.8 Å². The first-order chi connectivity index (χ1) is 14.3. The molecule has 146 valence electrons. The molecule has 1 saturated heterocycles. The smallest absolute Gasteiger partial charge is 0.157 e. The number of benzene rings is 3. The Morgan fingerprint density at radius 3 is 1.83 bits per heavy atom. The number of carbonyl (C=O) groups is 1. The second-order valence-corrected chi connectivity index (χ2v) is 6.51. The number of azo groups is 1. The van der Waals surface area contributed by atoms with E-state index >= 15 is 0 Å². The molecule has 1 aliphatic rings. The summed E-state index contributed by atoms with van der Waals surface area (Å²) in [5.74, 6) is 1.47. The third-order valence-electron chi connectivity index (χ3n) is 4.33. The summed E-state index contributed by atoms with van der Waals surface area (Å²) >= 11 is 0. The summed E-state index contributed by atoms with van der Waals surface area (Å²) in [5, 5.41) is 8.55. The number of nitrogens with zero attached hydrogens (tertiary/aromatic N) is 2. The van der Waals surface area contributed by atoms with E-state index in [1.54, 1.807) is 0 Å². The maximum Gasteiger partial charge on any atom is 0.157 e. The fourth-order valence-electron chi connectivity index (χ4n) is 2.67. The topological polar surface area (TPSA) is 72.8 Å². The van der Waals surface area contributed by atoms with Crippen molar-refractivity contribution < 1.29 is 19.0 Å². The van der Waals surface area contributed by atoms with Crippen LogP contribution in [-0.4, -0.2) is 32.2 Å². The average molecular weight is 388 g/mol. The third-order valence-corrected chi connectivity index (χ3v) is 4.33. The lowest BCUT2D eigenvalue weighted by Gasteiger charge is -2.05. The molecule has 29 heavy (non-hydrogen) atoms. The number of carbonyl (C=O) groups excluding carboxylic acids is 1. The minimum Gasteiger partial charge on any atom is -0.491 e. The van der Waals surface area contributed by atoms with E-state index in [-0.39, 0.29) is 12.7 Å². The zero-order valence-electron chi connectivity index (χ0n) is 15.7. The van der Waals surface area contributed by atoms with E-state index in [9.17, 15) is 4.79 Å². The molecule has 0 aromatic heterocycles. The first-order valence-electron chi connectivity index (χ1n) is 9.33. The Morgan fingerprint density at radius 2 is 1.28 bits per heavy atom. The molecule has 1 heterocycles. The quantitative estimate of drug-likeness (QED) is 0.290. The predicted molar refractivity (Wildman–Crippen MR) is 109 cm³/mol. The molecule has 6 nitrogen and oxygen atoms in total. The molecule has 1 aliphatic heterocycles. The van der Waals surface area contributed by atoms with Gasteiger partial charge in [0, 0.05) is 0 Å². The van der Waals surface area contributed by atoms with Gasteiger partial charge in [0.2, 0.25) is 0 Å². The highest BCUT2D eigenvalue weighted by Gasteiger charge is 2.22. The van der Waals surface area contributed by atoms with Crippen LogP contribution in [-0.2, 0) is 9.53 Å². The fourth-order valence-corrected chi connectivity index (χ4v) is 2.67. The summed E-state index contributed by atoms with van der Waals surface area (Å²) in [7, 11) is 0. The molecule has 4 rings (SSSR count). The van der Waals surface area contributed by atoms with Crippen LogP contribution in [0.5, 0.6) is 11.5 Å². The van der Waals surface area contributed by atoms with Crippen LogP contribution in [0.15, 0.2) is 83.0 Å². The van der Waals surface area contributed by atoms with Crippen molar-refractivity contribution in [3.63, 3.8) is 0 Å². The lowest BCUT2D eigenvalue weighted by Crippen LogP contribution is -2.03. The molecule has 3 aromatic rings. The highest BCUT2D eigenvalue weighted by molar-refractivity contribution is 5.66. The van der Waals surface area contributed by atoms with Crippen LogP contribution in [0.25, 0.3) is 11.1 Å². The molecule has 0 aliphatic carbocycles. The van der Waals surface area contributed by atoms with Gasteiger partial charge in [0.1, 0.15) is 30.8 Å². The number of rotatable bonds is 9. The summed E-state index contributed by atoms with van der Waals surface area (Å²) in [5.41, 5.74) is 3.65. The first kappa shape index (κ1) is 18.8. The largest absolute Gasteiger partial charge is 0.491 e. The van der Waals surface area contributed by atoms with Crippen molar-refractivity contribution >= 4 is 17.7 Å². The molecule has 0 radical (unpaired) electrons. The molecule has 1 fully saturated rings. The maximum absolute atomic E-state index is 10.4. The fraction of sp³-hybridized carbons (Fsp3) is 0.174. The van der Waals surface area contributed by atoms with Crippen LogP contribution in [0.1, 0.15) is 0 Å². The summed E-state index contributed by atoms with van der Waals surface area (Å²) < 4.78 is 16.0. The van der Waals surface area contributed by atoms with Crippen LogP contribution in [0, 0.1) is 0 Å². The second kappa shape index (κ2) is 9.12. The van der Waals surface area contributed by atoms with Crippen molar-refractivity contribution in [2.45, 2.75) is 6.10 Å². The zero-order chi connectivity index (χ0) is 19.9. The molecule has 1 unspecified atom stereocenters. The lowest BCUT2D eigenvalue weighted by molar-refractivity contribution is -0.109. The molecule has 0 N–H and O–H groups in total. The van der Waals surface area contributed by atoms with Crippen molar-refractivity contribution in [1.29, 1.82) is 0 Å². The van der Waals surface area contributed by atoms with Gasteiger partial charge in [-0.25, -0.2) is 0 Å². The molecule has 0 saturated carbocycles. The highest BCUT2D eigenvalue weighted by Crippen LogP contribution is 2.26. The monoisotopic (exact) mass is 388 g/mol. The van der Waals surface area contributed by atoms with Gasteiger partial charge in [0.15, 0.2) is 6.29 Å². The Hall–Kier alpha value is -3.51. The zero-order valence-corrected chi connectivity index (χ0v) is 15.7. The van der Waals surface area contributed by atoms with Gasteiger partial charge in [-0.15, -0.1) is 0 Å². The summed E-state index contributed by atoms with van der Waals surface area (Å²) in [4.78, 5) is 10.4. The molecule has 0 spiro atoms. The highest BCUT2D eigenvalue weighted by atomic mass is 16.6. The van der Waals surface area contributed by atoms with Gasteiger partial charge in [0.25, 0.3) is 0 Å². The Morgan fingerprint density at radius 1 is 0.793 bits per heavy atom. The van der Waals surface area contributed by atoms with Gasteiger partial charge >= 0.3 is 0 Å². The number of aldehydes is 1. The Balaban J connectivity index is 1.35. The van der Waals surface area contributed by atoms with Gasteiger partial charge in [-0.2, -0.15) is 10.2 Å². The average Bonchev–Trinajstić information content (AvgIpc) is 3.61. The SMILES string of the molecule is O=CCOc1ccc(-c2ccc(N=Nc3ccc(OCC4CO4)cc3)cc2)cc1. The van der Waals surface area contributed by atoms with Gasteiger partial charge in [0.05, 0.1) is 18.0 Å². The molecule has 0 bridgehead atoms. The van der Waals surface area contributed by atoms with Crippen molar-refractivity contribution in [2.75, 3.05) is 19.8 Å². The number of ether oxygens (including phenoxy) is 3. The minimum absolute atomic E-state index is 0.0597. The van der Waals surface area contributed by atoms with E-state index in [0.29, 0.717) is 12.4 Å². The van der Waals surface area contributed by atoms with Gasteiger partial charge < -0.3 is 14.2 Å². The summed E-state index contributed by atoms with van der Waals surface area (Å²) in [6.45, 7) is 1.43. The van der Waals surface area contributed by atoms with E-state index in [2.05, 4.69) is 10.2 Å². The van der Waals surface area contributed by atoms with Crippen molar-refractivity contribution in [2.24, 2.45) is 10.2 Å². The molecular formula is C23H20N2O4. The minimum atomic E-state index is 0.0597. The Labute approximate surface area is 168 Å². The molecule has 3 aromatic carbocycles. The normalized spacial score (nSPS) is 15.2. The molecule has 1 atom stereocenters. The van der Waals surface area contributed by atoms with Gasteiger partial charge in [-0.1, -0.05) is 24.3 Å². The molecule has 6 heteroatoms. The van der Waals surface area contributed by atoms with Crippen LogP contribution in [0.2, 0.25) is 0 Å². The first-order valence-corrected chi connectivity index (χ1v) is 9.33. The van der Waals surface area contributed by atoms with E-state index in [1.807, 2.05) is 72.8 Å². The number of hydrogen-bond donors (Lipinski definition) is 0. The summed E-state index contributed by atoms with van der Waals surface area (Å²) in [6, 6.07) is 22.9. The lowest BCUT2D eigenvalue weighted by atomic mass is 10.1. The molecular weight excluding hydrogens is 368 g/mol. The second-order valence-electron chi connectivity index (χ2n) is 6.51. The van der Waals surface area contributed by atoms with Crippen LogP contribution in [0.3, 0.4) is 0 Å². The van der Waals surface area contributed by atoms with Crippen LogP contribution < -0.4 is 9.47 Å². The summed E-state index contributed by atoms with van der Waals surface area (Å²) in [6.07, 6.45) is 0.972. The van der Waals surface area contributed by atoms with Gasteiger partial charge in [-0.3, -0.25) is 4.79 Å². The van der Waals surface area contributed by atoms with E-state index in [0.717, 1.165) is 41.1 Å². The Bertz CT molecular complexity index is 963. The van der Waals surface area contributed by atoms with E-state index < -0.39 is 0 Å². The number of hydrogen-bond acceptors (Lipinski definition) is 6. The van der Waals surface area contributed by atoms with Crippen LogP contribution in [0.4, 0.5) is 11.4 Å². The standard InChI is InChI=1S/C23H20N2O4/c26-13-14-27-21-9-3-18(4-10-21)17-1-5-19(6-2-17)24-25-20-7-11-22(12-8-20)28-15-23-16-29-23/h1-13,23H,14-16H2. The Kier molecular flexibility index (Phi) is 5.92. The van der Waals surface area contributed by atoms with E-state index in [1.165, 1.54) is 0 Å². The third kappa shape index (κ3) is 5.49. The maximum atomic E-state index is 10.4. The van der Waals surface area contributed by atoms with Crippen molar-refractivity contribution in [3.8, 4) is 22.6 Å². The molecule has 0 amide bonds. The predicted octanol–water partition coefficient (Wildman–Crippen LogP) is 5.12. The number of epoxide rings is 1. The van der Waals surface area contributed by atoms with Crippen LogP contribution >= 0.6 is 0 Å².